The number of nitrogens with zero attached hydrogens (tertiary/aromatic N) is 1. The van der Waals surface area contributed by atoms with Crippen LogP contribution in [0.1, 0.15) is 27.2 Å². The van der Waals surface area contributed by atoms with Gasteiger partial charge in [0.15, 0.2) is 8.32 Å². The number of aliphatic hydroxyl groups excluding tert-OH is 1. The second-order valence-electron chi connectivity index (χ2n) is 7.06. The van der Waals surface area contributed by atoms with Gasteiger partial charge in [-0.15, -0.1) is 0 Å². The molecule has 0 spiro atoms. The van der Waals surface area contributed by atoms with Crippen LogP contribution in [0, 0.1) is 0 Å². The first-order valence-corrected chi connectivity index (χ1v) is 9.91. The average molecular weight is 269 g/mol. The first-order valence-electron chi connectivity index (χ1n) is 7.00. The van der Waals surface area contributed by atoms with Crippen molar-refractivity contribution in [2.24, 2.45) is 0 Å². The molecule has 1 heterocycles. The Morgan fingerprint density at radius 1 is 1.28 bits per heavy atom. The van der Waals surface area contributed by atoms with Crippen molar-refractivity contribution in [1.29, 1.82) is 0 Å². The molecule has 1 unspecified atom stereocenters. The monoisotopic (exact) mass is 269 g/mol. The van der Waals surface area contributed by atoms with E-state index in [4.69, 9.17) is 4.43 Å². The number of rotatable bonds is 5. The maximum Gasteiger partial charge on any atom is 0.191 e. The van der Waals surface area contributed by atoms with Crippen LogP contribution in [0.25, 0.3) is 0 Å². The van der Waals surface area contributed by atoms with Crippen LogP contribution < -0.4 is 0 Å². The maximum absolute atomic E-state index is 9.65. The Labute approximate surface area is 112 Å². The Kier molecular flexibility index (Phi) is 3.76. The van der Waals surface area contributed by atoms with Crippen LogP contribution in [-0.2, 0) is 4.43 Å². The van der Waals surface area contributed by atoms with Gasteiger partial charge in [-0.25, -0.2) is 0 Å². The Morgan fingerprint density at radius 2 is 1.94 bits per heavy atom. The summed E-state index contributed by atoms with van der Waals surface area (Å²) < 4.78 is 6.15. The fraction of sp³-hybridized carbons (Fsp3) is 0.857. The number of aliphatic hydroxyl groups is 1. The van der Waals surface area contributed by atoms with Crippen molar-refractivity contribution in [3.05, 3.63) is 12.2 Å². The zero-order valence-electron chi connectivity index (χ0n) is 12.3. The highest BCUT2D eigenvalue weighted by Gasteiger charge is 2.52. The van der Waals surface area contributed by atoms with Crippen LogP contribution in [0.3, 0.4) is 0 Å². The fourth-order valence-corrected chi connectivity index (χ4v) is 3.46. The highest BCUT2D eigenvalue weighted by molar-refractivity contribution is 6.74. The predicted octanol–water partition coefficient (Wildman–Crippen LogP) is 2.38. The van der Waals surface area contributed by atoms with Gasteiger partial charge in [-0.3, -0.25) is 4.90 Å². The molecule has 1 aliphatic carbocycles. The molecule has 4 atom stereocenters. The third-order valence-electron chi connectivity index (χ3n) is 4.71. The molecule has 1 saturated heterocycles. The first kappa shape index (κ1) is 14.3. The van der Waals surface area contributed by atoms with Crippen LogP contribution in [0.2, 0.25) is 18.1 Å². The molecule has 18 heavy (non-hydrogen) atoms. The van der Waals surface area contributed by atoms with Crippen LogP contribution >= 0.6 is 0 Å². The molecule has 0 aromatic rings. The van der Waals surface area contributed by atoms with Gasteiger partial charge >= 0.3 is 0 Å². The molecular weight excluding hydrogens is 242 g/mol. The normalized spacial score (nSPS) is 34.8. The zero-order chi connectivity index (χ0) is 13.6. The summed E-state index contributed by atoms with van der Waals surface area (Å²) in [6, 6.07) is 0.880. The molecule has 1 N–H and O–H groups in total. The summed E-state index contributed by atoms with van der Waals surface area (Å²) in [6.07, 6.45) is 4.87. The molecule has 0 aromatic heterocycles. The number of hydrogen-bond acceptors (Lipinski definition) is 3. The lowest BCUT2D eigenvalue weighted by Gasteiger charge is -2.36. The van der Waals surface area contributed by atoms with Gasteiger partial charge < -0.3 is 9.53 Å². The fourth-order valence-electron chi connectivity index (χ4n) is 2.37. The molecule has 0 amide bonds. The third kappa shape index (κ3) is 2.71. The lowest BCUT2D eigenvalue weighted by molar-refractivity contribution is 0.198. The van der Waals surface area contributed by atoms with Gasteiger partial charge in [0.25, 0.3) is 0 Å². The van der Waals surface area contributed by atoms with Crippen LogP contribution in [0.5, 0.6) is 0 Å². The smallest absolute Gasteiger partial charge is 0.191 e. The van der Waals surface area contributed by atoms with E-state index in [0.717, 1.165) is 19.6 Å². The lowest BCUT2D eigenvalue weighted by atomic mass is 10.2. The standard InChI is InChI=1S/C14H27NO2Si/c1-14(2,3)18(4,5)17-10-6-9-15-11-7-8-12(16)13(11)15/h7-8,11-13,16H,6,9-10H2,1-5H3/t11-,12-,13-,15?/m1/s1. The molecule has 2 rings (SSSR count). The Hall–Kier alpha value is -0.163. The van der Waals surface area contributed by atoms with Gasteiger partial charge in [0.1, 0.15) is 0 Å². The minimum Gasteiger partial charge on any atom is -0.417 e. The van der Waals surface area contributed by atoms with Crippen molar-refractivity contribution in [2.45, 2.75) is 63.5 Å². The van der Waals surface area contributed by atoms with Crippen molar-refractivity contribution in [3.8, 4) is 0 Å². The minimum atomic E-state index is -1.58. The van der Waals surface area contributed by atoms with Crippen LogP contribution in [-0.4, -0.2) is 49.7 Å². The van der Waals surface area contributed by atoms with E-state index in [2.05, 4.69) is 44.8 Å². The Balaban J connectivity index is 1.65. The summed E-state index contributed by atoms with van der Waals surface area (Å²) in [5, 5.41) is 9.94. The quantitative estimate of drug-likeness (QED) is 0.360. The largest absolute Gasteiger partial charge is 0.417 e. The number of hydrogen-bond donors (Lipinski definition) is 1. The SMILES string of the molecule is CC(C)(C)[Si](C)(C)OCCCN1[C@H]2[C@H](O)C=C[C@H]21. The molecule has 2 aliphatic rings. The topological polar surface area (TPSA) is 32.5 Å². The highest BCUT2D eigenvalue weighted by Crippen LogP contribution is 2.38. The van der Waals surface area contributed by atoms with E-state index < -0.39 is 8.32 Å². The average Bonchev–Trinajstić information content (AvgIpc) is 2.80. The van der Waals surface area contributed by atoms with Gasteiger partial charge in [0.05, 0.1) is 12.1 Å². The van der Waals surface area contributed by atoms with Crippen molar-refractivity contribution >= 4 is 8.32 Å². The zero-order valence-corrected chi connectivity index (χ0v) is 13.3. The van der Waals surface area contributed by atoms with E-state index in [1.165, 1.54) is 0 Å². The minimum absolute atomic E-state index is 0.240. The molecule has 3 nitrogen and oxygen atoms in total. The molecular formula is C14H27NO2Si. The molecule has 1 fully saturated rings. The maximum atomic E-state index is 9.65. The van der Waals surface area contributed by atoms with Gasteiger partial charge in [-0.2, -0.15) is 0 Å². The molecule has 0 bridgehead atoms. The third-order valence-corrected chi connectivity index (χ3v) is 9.25. The van der Waals surface area contributed by atoms with Crippen LogP contribution in [0.15, 0.2) is 12.2 Å². The van der Waals surface area contributed by atoms with E-state index in [-0.39, 0.29) is 6.10 Å². The number of fused-ring (bicyclic) bond motifs is 1. The van der Waals surface area contributed by atoms with E-state index in [1.807, 2.05) is 6.08 Å². The van der Waals surface area contributed by atoms with Crippen LogP contribution in [0.4, 0.5) is 0 Å². The Bertz CT molecular complexity index is 335. The second kappa shape index (κ2) is 4.74. The first-order chi connectivity index (χ1) is 8.24. The van der Waals surface area contributed by atoms with Gasteiger partial charge in [0.2, 0.25) is 0 Å². The molecule has 1 aliphatic heterocycles. The van der Waals surface area contributed by atoms with Gasteiger partial charge in [0, 0.05) is 19.2 Å². The molecule has 0 saturated carbocycles. The Morgan fingerprint density at radius 3 is 2.44 bits per heavy atom. The van der Waals surface area contributed by atoms with Crippen molar-refractivity contribution < 1.29 is 9.53 Å². The van der Waals surface area contributed by atoms with E-state index in [9.17, 15) is 5.11 Å². The lowest BCUT2D eigenvalue weighted by Crippen LogP contribution is -2.41. The van der Waals surface area contributed by atoms with E-state index in [0.29, 0.717) is 17.1 Å². The highest BCUT2D eigenvalue weighted by atomic mass is 28.4. The van der Waals surface area contributed by atoms with E-state index >= 15 is 0 Å². The second-order valence-corrected chi connectivity index (χ2v) is 11.9. The molecule has 104 valence electrons. The van der Waals surface area contributed by atoms with Crippen molar-refractivity contribution in [1.82, 2.24) is 4.90 Å². The van der Waals surface area contributed by atoms with Gasteiger partial charge in [-0.1, -0.05) is 32.9 Å². The summed E-state index contributed by atoms with van der Waals surface area (Å²) in [5.41, 5.74) is 0. The summed E-state index contributed by atoms with van der Waals surface area (Å²) in [5.74, 6) is 0. The molecule has 0 radical (unpaired) electrons. The predicted molar refractivity (Wildman–Crippen MR) is 77.2 cm³/mol. The summed E-state index contributed by atoms with van der Waals surface area (Å²) in [4.78, 5) is 2.36. The van der Waals surface area contributed by atoms with Crippen molar-refractivity contribution in [3.63, 3.8) is 0 Å². The summed E-state index contributed by atoms with van der Waals surface area (Å²) >= 11 is 0. The van der Waals surface area contributed by atoms with E-state index in [1.54, 1.807) is 0 Å². The molecule has 0 aromatic carbocycles. The molecule has 4 heteroatoms. The van der Waals surface area contributed by atoms with Crippen molar-refractivity contribution in [2.75, 3.05) is 13.2 Å². The summed E-state index contributed by atoms with van der Waals surface area (Å²) in [7, 11) is -1.58. The summed E-state index contributed by atoms with van der Waals surface area (Å²) in [6.45, 7) is 13.3. The van der Waals surface area contributed by atoms with Gasteiger partial charge in [-0.05, 0) is 24.6 Å².